The van der Waals surface area contributed by atoms with Crippen LogP contribution in [0.4, 0.5) is 8.78 Å². The molecule has 8 nitrogen and oxygen atoms in total. The minimum Gasteiger partial charge on any atom is -0.390 e. The van der Waals surface area contributed by atoms with E-state index in [0.29, 0.717) is 18.5 Å². The lowest BCUT2D eigenvalue weighted by atomic mass is 9.94. The summed E-state index contributed by atoms with van der Waals surface area (Å²) < 4.78 is 39.5. The molecule has 10 atom stereocenters. The lowest BCUT2D eigenvalue weighted by Crippen LogP contribution is -2.56. The molecule has 3 heterocycles. The maximum absolute atomic E-state index is 13.8. The molecule has 5 N–H and O–H groups in total. The van der Waals surface area contributed by atoms with Gasteiger partial charge in [-0.15, -0.1) is 23.4 Å². The van der Waals surface area contributed by atoms with Gasteiger partial charge in [-0.05, 0) is 42.9 Å². The molecular formula is C25H33ClF2N2O6S. The third-order valence-corrected chi connectivity index (χ3v) is 8.31. The highest BCUT2D eigenvalue weighted by molar-refractivity contribution is 7.99. The van der Waals surface area contributed by atoms with Crippen LogP contribution in [0.15, 0.2) is 24.3 Å². The summed E-state index contributed by atoms with van der Waals surface area (Å²) in [4.78, 5) is 13.4. The fraction of sp³-hybridized carbons (Fsp3) is 0.640. The van der Waals surface area contributed by atoms with E-state index in [9.17, 15) is 28.9 Å². The Balaban J connectivity index is 1.49. The van der Waals surface area contributed by atoms with Gasteiger partial charge >= 0.3 is 0 Å². The normalized spacial score (nSPS) is 36.1. The highest BCUT2D eigenvalue weighted by Gasteiger charge is 2.45. The summed E-state index contributed by atoms with van der Waals surface area (Å²) >= 11 is 7.62. The Morgan fingerprint density at radius 1 is 1.22 bits per heavy atom. The number of thioether (sulfide) groups is 1. The topological polar surface area (TPSA) is 120 Å². The number of hydrogen-bond acceptors (Lipinski definition) is 8. The van der Waals surface area contributed by atoms with E-state index in [1.54, 1.807) is 13.2 Å². The molecule has 1 amide bonds. The summed E-state index contributed by atoms with van der Waals surface area (Å²) in [5.41, 5.74) is 0.381. The van der Waals surface area contributed by atoms with Crippen molar-refractivity contribution in [2.24, 2.45) is 5.92 Å². The van der Waals surface area contributed by atoms with Crippen molar-refractivity contribution in [1.29, 1.82) is 0 Å². The van der Waals surface area contributed by atoms with E-state index >= 15 is 0 Å². The minimum absolute atomic E-state index is 0.0335. The van der Waals surface area contributed by atoms with Gasteiger partial charge in [-0.3, -0.25) is 4.79 Å². The zero-order valence-corrected chi connectivity index (χ0v) is 22.1. The second-order valence-electron chi connectivity index (χ2n) is 9.76. The third kappa shape index (κ3) is 6.47. The number of aliphatic hydroxyl groups is 3. The molecule has 3 aliphatic rings. The number of carbonyl (C=O) groups is 1. The van der Waals surface area contributed by atoms with Crippen LogP contribution in [0.25, 0.3) is 5.57 Å². The summed E-state index contributed by atoms with van der Waals surface area (Å²) in [6.45, 7) is 2.39. The van der Waals surface area contributed by atoms with E-state index in [0.717, 1.165) is 11.6 Å². The summed E-state index contributed by atoms with van der Waals surface area (Å²) in [5, 5.41) is 36.4. The van der Waals surface area contributed by atoms with Crippen LogP contribution in [0, 0.1) is 17.6 Å². The van der Waals surface area contributed by atoms with Crippen LogP contribution in [-0.2, 0) is 14.3 Å². The smallest absolute Gasteiger partial charge is 0.240 e. The first kappa shape index (κ1) is 28.7. The highest BCUT2D eigenvalue weighted by atomic mass is 35.5. The molecule has 3 aliphatic heterocycles. The monoisotopic (exact) mass is 562 g/mol. The molecule has 1 aromatic rings. The average molecular weight is 563 g/mol. The van der Waals surface area contributed by atoms with Crippen LogP contribution in [-0.4, -0.2) is 94.1 Å². The Morgan fingerprint density at radius 2 is 1.92 bits per heavy atom. The van der Waals surface area contributed by atoms with Gasteiger partial charge in [-0.1, -0.05) is 6.08 Å². The molecule has 37 heavy (non-hydrogen) atoms. The van der Waals surface area contributed by atoms with Gasteiger partial charge in [-0.2, -0.15) is 0 Å². The van der Waals surface area contributed by atoms with Gasteiger partial charge in [0.2, 0.25) is 5.91 Å². The quantitative estimate of drug-likeness (QED) is 0.330. The number of ether oxygens (including phenoxy) is 2. The number of carbonyl (C=O) groups excluding carboxylic acids is 1. The number of alkyl halides is 1. The summed E-state index contributed by atoms with van der Waals surface area (Å²) in [6, 6.07) is 1.94. The first-order chi connectivity index (χ1) is 17.6. The maximum Gasteiger partial charge on any atom is 0.240 e. The number of rotatable bonds is 6. The van der Waals surface area contributed by atoms with Crippen molar-refractivity contribution in [2.75, 3.05) is 19.4 Å². The van der Waals surface area contributed by atoms with Gasteiger partial charge in [0, 0.05) is 24.9 Å². The number of halogens is 3. The van der Waals surface area contributed by atoms with Crippen molar-refractivity contribution in [2.45, 2.75) is 73.2 Å². The molecule has 2 saturated heterocycles. The molecule has 4 unspecified atom stereocenters. The molecule has 0 spiro atoms. The molecule has 12 heteroatoms. The Morgan fingerprint density at radius 3 is 2.57 bits per heavy atom. The lowest BCUT2D eigenvalue weighted by molar-refractivity contribution is -0.128. The predicted octanol–water partition coefficient (Wildman–Crippen LogP) is 1.40. The van der Waals surface area contributed by atoms with Gasteiger partial charge in [-0.25, -0.2) is 8.78 Å². The second kappa shape index (κ2) is 12.3. The molecule has 0 saturated carbocycles. The third-order valence-electron chi connectivity index (χ3n) is 7.18. The van der Waals surface area contributed by atoms with Crippen molar-refractivity contribution in [3.8, 4) is 0 Å². The van der Waals surface area contributed by atoms with Crippen molar-refractivity contribution in [1.82, 2.24) is 10.6 Å². The van der Waals surface area contributed by atoms with Crippen molar-refractivity contribution in [3.63, 3.8) is 0 Å². The summed E-state index contributed by atoms with van der Waals surface area (Å²) in [7, 11) is 0. The average Bonchev–Trinajstić information content (AvgIpc) is 3.06. The van der Waals surface area contributed by atoms with Crippen molar-refractivity contribution in [3.05, 3.63) is 41.5 Å². The summed E-state index contributed by atoms with van der Waals surface area (Å²) in [5.74, 6) is -1.89. The van der Waals surface area contributed by atoms with Gasteiger partial charge in [0.1, 0.15) is 35.3 Å². The number of hydrogen-bond donors (Lipinski definition) is 5. The van der Waals surface area contributed by atoms with Gasteiger partial charge in [0.05, 0.1) is 36.3 Å². The molecule has 0 aliphatic carbocycles. The first-order valence-electron chi connectivity index (χ1n) is 12.3. The largest absolute Gasteiger partial charge is 0.390 e. The molecule has 2 fully saturated rings. The van der Waals surface area contributed by atoms with E-state index in [1.807, 2.05) is 6.08 Å². The minimum atomic E-state index is -1.39. The first-order valence-corrected chi connectivity index (χ1v) is 14.0. The van der Waals surface area contributed by atoms with Crippen molar-refractivity contribution >= 4 is 34.8 Å². The zero-order valence-electron chi connectivity index (χ0n) is 20.5. The van der Waals surface area contributed by atoms with Gasteiger partial charge in [0.25, 0.3) is 0 Å². The Kier molecular flexibility index (Phi) is 9.50. The van der Waals surface area contributed by atoms with E-state index < -0.39 is 65.1 Å². The highest BCUT2D eigenvalue weighted by Crippen LogP contribution is 2.32. The van der Waals surface area contributed by atoms with Crippen LogP contribution in [0.1, 0.15) is 25.3 Å². The number of nitrogens with one attached hydrogen (secondary N) is 2. The lowest BCUT2D eigenvalue weighted by Gasteiger charge is -2.33. The molecule has 206 valence electrons. The Hall–Kier alpha value is -1.31. The molecule has 4 rings (SSSR count). The number of aliphatic hydroxyl groups excluding tert-OH is 3. The fourth-order valence-electron chi connectivity index (χ4n) is 5.24. The van der Waals surface area contributed by atoms with E-state index in [2.05, 4.69) is 10.6 Å². The molecule has 1 aromatic carbocycles. The number of amides is 1. The number of fused-ring (bicyclic) bond motifs is 1. The maximum atomic E-state index is 13.8. The molecule has 0 bridgehead atoms. The SMILES string of the molecule is CSC1OC([C@H](NC(=O)[C@H]2NC[C@@H]3C=C(c4cc(F)cc(F)c4)CCO[C@@H]23)[C@H](C)Cl)CC(O)C(O)[C@H]1O. The van der Waals surface area contributed by atoms with E-state index in [4.69, 9.17) is 21.1 Å². The second-order valence-corrected chi connectivity index (χ2v) is 11.4. The Labute approximate surface area is 223 Å². The van der Waals surface area contributed by atoms with Crippen molar-refractivity contribution < 1.29 is 38.4 Å². The zero-order chi connectivity index (χ0) is 26.9. The number of benzene rings is 1. The fourth-order valence-corrected chi connectivity index (χ4v) is 6.16. The molecular weight excluding hydrogens is 530 g/mol. The van der Waals surface area contributed by atoms with Gasteiger partial charge < -0.3 is 35.4 Å². The Bertz CT molecular complexity index is 984. The van der Waals surface area contributed by atoms with Gasteiger partial charge in [0.15, 0.2) is 0 Å². The van der Waals surface area contributed by atoms with Crippen LogP contribution in [0.5, 0.6) is 0 Å². The van der Waals surface area contributed by atoms with Crippen LogP contribution >= 0.6 is 23.4 Å². The van der Waals surface area contributed by atoms with E-state index in [1.165, 1.54) is 23.9 Å². The predicted molar refractivity (Wildman–Crippen MR) is 136 cm³/mol. The van der Waals surface area contributed by atoms with Crippen LogP contribution in [0.2, 0.25) is 0 Å². The van der Waals surface area contributed by atoms with Crippen LogP contribution in [0.3, 0.4) is 0 Å². The molecule has 0 radical (unpaired) electrons. The van der Waals surface area contributed by atoms with E-state index in [-0.39, 0.29) is 24.9 Å². The van der Waals surface area contributed by atoms with Crippen LogP contribution < -0.4 is 10.6 Å². The standard InChI is InChI=1S/C25H33ClF2N2O6S/c1-11(26)19(18-9-17(31)21(32)22(33)25(36-18)37-2)30-24(34)20-23-14(10-29-20)5-12(3-4-35-23)13-6-15(27)8-16(28)7-13/h5-8,11,14,17-23,25,29,31-33H,3-4,9-10H2,1-2H3,(H,30,34)/t11-,14-,17?,18?,19+,20-,21?,22+,23+,25?/m0/s1. The summed E-state index contributed by atoms with van der Waals surface area (Å²) in [6.07, 6.45) is -1.21. The molecule has 0 aromatic heterocycles.